The van der Waals surface area contributed by atoms with Gasteiger partial charge in [0, 0.05) is 24.7 Å². The second-order valence-electron chi connectivity index (χ2n) is 6.15. The van der Waals surface area contributed by atoms with Gasteiger partial charge in [0.25, 0.3) is 5.91 Å². The molecule has 1 heterocycles. The lowest BCUT2D eigenvalue weighted by atomic mass is 10.1. The van der Waals surface area contributed by atoms with Crippen molar-refractivity contribution in [2.45, 2.75) is 52.4 Å². The number of aromatic nitrogens is 1. The van der Waals surface area contributed by atoms with E-state index in [1.54, 1.807) is 6.07 Å². The van der Waals surface area contributed by atoms with Crippen LogP contribution in [0, 0.1) is 0 Å². The minimum atomic E-state index is -0.0445. The van der Waals surface area contributed by atoms with E-state index in [1.165, 1.54) is 0 Å². The molecule has 0 saturated heterocycles. The number of hydrogen-bond donors (Lipinski definition) is 0. The van der Waals surface area contributed by atoms with Crippen LogP contribution in [0.2, 0.25) is 0 Å². The van der Waals surface area contributed by atoms with Crippen molar-refractivity contribution in [1.29, 1.82) is 0 Å². The Bertz CT molecular complexity index is 597. The van der Waals surface area contributed by atoms with Gasteiger partial charge in [0.15, 0.2) is 0 Å². The maximum Gasteiger partial charge on any atom is 0.292 e. The molecule has 0 spiro atoms. The third kappa shape index (κ3) is 5.22. The molecule has 0 aliphatic rings. The Hall–Kier alpha value is -2.10. The average molecular weight is 328 g/mol. The molecular formula is C20H28N2O2. The quantitative estimate of drug-likeness (QED) is 0.566. The van der Waals surface area contributed by atoms with E-state index in [-0.39, 0.29) is 5.91 Å². The van der Waals surface area contributed by atoms with E-state index in [1.807, 2.05) is 35.2 Å². The minimum absolute atomic E-state index is 0.0445. The molecule has 2 aromatic rings. The number of hydrogen-bond acceptors (Lipinski definition) is 3. The molecule has 1 aromatic heterocycles. The zero-order chi connectivity index (χ0) is 17.2. The van der Waals surface area contributed by atoms with Gasteiger partial charge in [0.1, 0.15) is 5.69 Å². The first-order valence-corrected chi connectivity index (χ1v) is 9.07. The lowest BCUT2D eigenvalue weighted by molar-refractivity contribution is 0.0707. The van der Waals surface area contributed by atoms with Gasteiger partial charge in [-0.3, -0.25) is 4.79 Å². The van der Waals surface area contributed by atoms with Gasteiger partial charge < -0.3 is 9.42 Å². The molecule has 0 unspecified atom stereocenters. The van der Waals surface area contributed by atoms with Gasteiger partial charge >= 0.3 is 0 Å². The van der Waals surface area contributed by atoms with Crippen LogP contribution in [0.25, 0.3) is 11.3 Å². The fourth-order valence-corrected chi connectivity index (χ4v) is 2.70. The molecule has 0 saturated carbocycles. The second kappa shape index (κ2) is 9.91. The van der Waals surface area contributed by atoms with Gasteiger partial charge in [-0.05, 0) is 12.8 Å². The summed E-state index contributed by atoms with van der Waals surface area (Å²) in [5.41, 5.74) is 1.67. The summed E-state index contributed by atoms with van der Waals surface area (Å²) in [6.45, 7) is 5.92. The zero-order valence-corrected chi connectivity index (χ0v) is 14.8. The molecule has 0 fully saturated rings. The largest absolute Gasteiger partial charge is 0.350 e. The van der Waals surface area contributed by atoms with Crippen LogP contribution in [-0.2, 0) is 0 Å². The Morgan fingerprint density at radius 1 is 1.00 bits per heavy atom. The molecule has 0 aliphatic carbocycles. The standard InChI is InChI=1S/C20H28N2O2/c1-3-5-10-14-22(15-11-6-4-2)20(23)19-16-18(21-24-19)17-12-8-7-9-13-17/h7-9,12-13,16H,3-6,10-11,14-15H2,1-2H3. The highest BCUT2D eigenvalue weighted by atomic mass is 16.5. The van der Waals surface area contributed by atoms with Crippen LogP contribution < -0.4 is 0 Å². The maximum absolute atomic E-state index is 12.8. The smallest absolute Gasteiger partial charge is 0.292 e. The van der Waals surface area contributed by atoms with E-state index < -0.39 is 0 Å². The lowest BCUT2D eigenvalue weighted by Crippen LogP contribution is -2.32. The summed E-state index contributed by atoms with van der Waals surface area (Å²) in [5.74, 6) is 0.290. The highest BCUT2D eigenvalue weighted by molar-refractivity contribution is 5.92. The second-order valence-corrected chi connectivity index (χ2v) is 6.15. The van der Waals surface area contributed by atoms with Crippen LogP contribution in [-0.4, -0.2) is 29.1 Å². The first kappa shape index (κ1) is 18.2. The molecule has 0 atom stereocenters. The molecule has 0 bridgehead atoms. The first-order valence-electron chi connectivity index (χ1n) is 9.07. The molecule has 24 heavy (non-hydrogen) atoms. The molecule has 2 rings (SSSR count). The van der Waals surface area contributed by atoms with Crippen LogP contribution >= 0.6 is 0 Å². The Labute approximate surface area is 144 Å². The van der Waals surface area contributed by atoms with E-state index in [0.29, 0.717) is 11.5 Å². The summed E-state index contributed by atoms with van der Waals surface area (Å²) in [6.07, 6.45) is 6.66. The summed E-state index contributed by atoms with van der Waals surface area (Å²) in [6, 6.07) is 11.5. The van der Waals surface area contributed by atoms with Gasteiger partial charge in [-0.1, -0.05) is 75.0 Å². The minimum Gasteiger partial charge on any atom is -0.350 e. The van der Waals surface area contributed by atoms with Crippen molar-refractivity contribution in [1.82, 2.24) is 10.1 Å². The summed E-state index contributed by atoms with van der Waals surface area (Å²) < 4.78 is 5.33. The maximum atomic E-state index is 12.8. The van der Waals surface area contributed by atoms with E-state index in [9.17, 15) is 4.79 Å². The highest BCUT2D eigenvalue weighted by Gasteiger charge is 2.20. The molecule has 1 aromatic carbocycles. The third-order valence-corrected chi connectivity index (χ3v) is 4.14. The van der Waals surface area contributed by atoms with Crippen LogP contribution in [0.3, 0.4) is 0 Å². The highest BCUT2D eigenvalue weighted by Crippen LogP contribution is 2.20. The summed E-state index contributed by atoms with van der Waals surface area (Å²) in [4.78, 5) is 14.7. The van der Waals surface area contributed by atoms with Crippen LogP contribution in [0.5, 0.6) is 0 Å². The summed E-state index contributed by atoms with van der Waals surface area (Å²) in [5, 5.41) is 4.06. The van der Waals surface area contributed by atoms with Crippen molar-refractivity contribution in [3.05, 3.63) is 42.2 Å². The monoisotopic (exact) mass is 328 g/mol. The van der Waals surface area contributed by atoms with E-state index in [0.717, 1.165) is 57.2 Å². The van der Waals surface area contributed by atoms with E-state index in [2.05, 4.69) is 19.0 Å². The van der Waals surface area contributed by atoms with Crippen molar-refractivity contribution in [3.63, 3.8) is 0 Å². The van der Waals surface area contributed by atoms with E-state index >= 15 is 0 Å². The number of amides is 1. The Morgan fingerprint density at radius 3 is 2.21 bits per heavy atom. The van der Waals surface area contributed by atoms with Crippen molar-refractivity contribution < 1.29 is 9.32 Å². The van der Waals surface area contributed by atoms with Crippen LogP contribution in [0.1, 0.15) is 62.9 Å². The molecule has 130 valence electrons. The number of rotatable bonds is 10. The summed E-state index contributed by atoms with van der Waals surface area (Å²) in [7, 11) is 0. The Kier molecular flexibility index (Phi) is 7.53. The Morgan fingerprint density at radius 2 is 1.62 bits per heavy atom. The van der Waals surface area contributed by atoms with Crippen LogP contribution in [0.15, 0.2) is 40.9 Å². The molecule has 0 radical (unpaired) electrons. The Balaban J connectivity index is 2.05. The third-order valence-electron chi connectivity index (χ3n) is 4.14. The summed E-state index contributed by atoms with van der Waals surface area (Å²) >= 11 is 0. The molecular weight excluding hydrogens is 300 g/mol. The predicted molar refractivity (Wildman–Crippen MR) is 96.9 cm³/mol. The number of unbranched alkanes of at least 4 members (excludes halogenated alkanes) is 4. The zero-order valence-electron chi connectivity index (χ0n) is 14.8. The number of carbonyl (C=O) groups is 1. The first-order chi connectivity index (χ1) is 11.8. The SMILES string of the molecule is CCCCCN(CCCCC)C(=O)c1cc(-c2ccccc2)no1. The van der Waals surface area contributed by atoms with Gasteiger partial charge in [0.2, 0.25) is 5.76 Å². The van der Waals surface area contributed by atoms with Crippen LogP contribution in [0.4, 0.5) is 0 Å². The molecule has 4 heteroatoms. The number of benzene rings is 1. The van der Waals surface area contributed by atoms with Gasteiger partial charge in [-0.2, -0.15) is 0 Å². The van der Waals surface area contributed by atoms with Gasteiger partial charge in [-0.25, -0.2) is 0 Å². The topological polar surface area (TPSA) is 46.3 Å². The number of carbonyl (C=O) groups excluding carboxylic acids is 1. The van der Waals surface area contributed by atoms with Gasteiger partial charge in [-0.15, -0.1) is 0 Å². The molecule has 4 nitrogen and oxygen atoms in total. The van der Waals surface area contributed by atoms with Crippen molar-refractivity contribution in [2.75, 3.05) is 13.1 Å². The average Bonchev–Trinajstić information content (AvgIpc) is 3.11. The van der Waals surface area contributed by atoms with Crippen molar-refractivity contribution in [3.8, 4) is 11.3 Å². The normalized spacial score (nSPS) is 10.8. The van der Waals surface area contributed by atoms with Gasteiger partial charge in [0.05, 0.1) is 0 Å². The predicted octanol–water partition coefficient (Wildman–Crippen LogP) is 5.16. The number of nitrogens with zero attached hydrogens (tertiary/aromatic N) is 2. The van der Waals surface area contributed by atoms with Crippen molar-refractivity contribution in [2.24, 2.45) is 0 Å². The molecule has 0 N–H and O–H groups in total. The lowest BCUT2D eigenvalue weighted by Gasteiger charge is -2.21. The fourth-order valence-electron chi connectivity index (χ4n) is 2.70. The fraction of sp³-hybridized carbons (Fsp3) is 0.500. The van der Waals surface area contributed by atoms with Crippen molar-refractivity contribution >= 4 is 5.91 Å². The van der Waals surface area contributed by atoms with E-state index in [4.69, 9.17) is 4.52 Å². The molecule has 1 amide bonds. The molecule has 0 aliphatic heterocycles.